The fourth-order valence-corrected chi connectivity index (χ4v) is 3.83. The number of aromatic nitrogens is 1. The topological polar surface area (TPSA) is 106 Å². The van der Waals surface area contributed by atoms with E-state index in [9.17, 15) is 14.4 Å². The van der Waals surface area contributed by atoms with E-state index in [-0.39, 0.29) is 30.2 Å². The summed E-state index contributed by atoms with van der Waals surface area (Å²) < 4.78 is 0. The van der Waals surface area contributed by atoms with Crippen molar-refractivity contribution in [1.29, 1.82) is 0 Å². The predicted molar refractivity (Wildman–Crippen MR) is 122 cm³/mol. The molecule has 8 heteroatoms. The van der Waals surface area contributed by atoms with Crippen LogP contribution in [0.3, 0.4) is 0 Å². The van der Waals surface area contributed by atoms with Gasteiger partial charge in [0, 0.05) is 25.0 Å². The Morgan fingerprint density at radius 2 is 1.66 bits per heavy atom. The molecule has 2 aromatic rings. The van der Waals surface area contributed by atoms with Gasteiger partial charge in [-0.2, -0.15) is 0 Å². The second kappa shape index (κ2) is 10.9. The van der Waals surface area contributed by atoms with Crippen LogP contribution in [0.15, 0.2) is 42.5 Å². The first-order chi connectivity index (χ1) is 15.3. The molecule has 3 amide bonds. The van der Waals surface area contributed by atoms with Crippen LogP contribution >= 0.6 is 0 Å². The van der Waals surface area contributed by atoms with Crippen LogP contribution in [0.4, 0.5) is 0 Å². The van der Waals surface area contributed by atoms with E-state index in [1.54, 1.807) is 7.05 Å². The highest BCUT2D eigenvalue weighted by atomic mass is 16.2. The third-order valence-corrected chi connectivity index (χ3v) is 5.50. The quantitative estimate of drug-likeness (QED) is 0.577. The third-order valence-electron chi connectivity index (χ3n) is 5.50. The molecule has 172 valence electrons. The summed E-state index contributed by atoms with van der Waals surface area (Å²) in [6, 6.07) is 12.5. The normalized spacial score (nSPS) is 21.0. The molecule has 1 aromatic carbocycles. The van der Waals surface area contributed by atoms with Gasteiger partial charge in [-0.15, -0.1) is 0 Å². The average Bonchev–Trinajstić information content (AvgIpc) is 3.21. The van der Waals surface area contributed by atoms with Gasteiger partial charge in [0.05, 0.1) is 19.1 Å². The van der Waals surface area contributed by atoms with Crippen LogP contribution < -0.4 is 16.0 Å². The molecule has 1 aromatic heterocycles. The summed E-state index contributed by atoms with van der Waals surface area (Å²) in [6.07, 6.45) is 1.03. The Hall–Kier alpha value is -3.13. The molecule has 32 heavy (non-hydrogen) atoms. The molecule has 8 nitrogen and oxygen atoms in total. The number of hydrogen-bond acceptors (Lipinski definition) is 4. The number of nitrogens with zero attached hydrogens (tertiary/aromatic N) is 1. The molecule has 2 atom stereocenters. The minimum atomic E-state index is -0.649. The van der Waals surface area contributed by atoms with Crippen LogP contribution in [-0.4, -0.2) is 53.3 Å². The number of aromatic amines is 1. The summed E-state index contributed by atoms with van der Waals surface area (Å²) >= 11 is 0. The maximum absolute atomic E-state index is 13.2. The van der Waals surface area contributed by atoms with Crippen molar-refractivity contribution in [3.05, 3.63) is 59.4 Å². The van der Waals surface area contributed by atoms with Crippen LogP contribution in [-0.2, 0) is 33.9 Å². The monoisotopic (exact) mass is 439 g/mol. The minimum absolute atomic E-state index is 0.111. The SMILES string of the molecule is CC(C)C[C@@H]1NC(=O)CN(C)C(=O)[C@H](Cc2ccccc2)NCc2ccc([nH]2)CNC1=O. The highest BCUT2D eigenvalue weighted by Crippen LogP contribution is 2.10. The van der Waals surface area contributed by atoms with Gasteiger partial charge in [0.1, 0.15) is 6.04 Å². The summed E-state index contributed by atoms with van der Waals surface area (Å²) in [5.41, 5.74) is 2.82. The Balaban J connectivity index is 1.82. The zero-order valence-corrected chi connectivity index (χ0v) is 19.0. The lowest BCUT2D eigenvalue weighted by Gasteiger charge is -2.26. The minimum Gasteiger partial charge on any atom is -0.360 e. The zero-order valence-electron chi connectivity index (χ0n) is 19.0. The molecular weight excluding hydrogens is 406 g/mol. The standard InChI is InChI=1S/C24H33N5O3/c1-16(2)11-20-23(31)26-14-19-10-9-18(27-19)13-25-21(12-17-7-5-4-6-8-17)24(32)29(3)15-22(30)28-20/h4-10,16,20-21,25,27H,11-15H2,1-3H3,(H,26,31)(H,28,30)/t20-,21-/m0/s1. The van der Waals surface area contributed by atoms with Crippen LogP contribution in [0.2, 0.25) is 0 Å². The molecule has 1 aliphatic heterocycles. The second-order valence-electron chi connectivity index (χ2n) is 8.79. The molecule has 2 bridgehead atoms. The number of likely N-dealkylation sites (N-methyl/N-ethyl adjacent to an activating group) is 1. The summed E-state index contributed by atoms with van der Waals surface area (Å²) in [4.78, 5) is 43.3. The lowest BCUT2D eigenvalue weighted by molar-refractivity contribution is -0.137. The molecule has 0 aliphatic carbocycles. The van der Waals surface area contributed by atoms with Gasteiger partial charge in [-0.25, -0.2) is 0 Å². The van der Waals surface area contributed by atoms with E-state index in [0.717, 1.165) is 17.0 Å². The number of benzene rings is 1. The van der Waals surface area contributed by atoms with Crippen molar-refractivity contribution < 1.29 is 14.4 Å². The Morgan fingerprint density at radius 1 is 0.969 bits per heavy atom. The Bertz CT molecular complexity index is 925. The van der Waals surface area contributed by atoms with E-state index in [0.29, 0.717) is 25.9 Å². The number of nitrogens with one attached hydrogen (secondary N) is 4. The predicted octanol–water partition coefficient (Wildman–Crippen LogP) is 1.33. The molecule has 0 saturated carbocycles. The van der Waals surface area contributed by atoms with Crippen LogP contribution in [0.1, 0.15) is 37.2 Å². The fraction of sp³-hybridized carbons (Fsp3) is 0.458. The molecule has 0 unspecified atom stereocenters. The first kappa shape index (κ1) is 23.5. The van der Waals surface area contributed by atoms with Crippen LogP contribution in [0.5, 0.6) is 0 Å². The number of carbonyl (C=O) groups excluding carboxylic acids is 3. The van der Waals surface area contributed by atoms with E-state index in [1.165, 1.54) is 4.90 Å². The van der Waals surface area contributed by atoms with Gasteiger partial charge < -0.3 is 20.5 Å². The van der Waals surface area contributed by atoms with E-state index in [1.807, 2.05) is 56.3 Å². The summed E-state index contributed by atoms with van der Waals surface area (Å²) in [5.74, 6) is -0.525. The number of rotatable bonds is 4. The third kappa shape index (κ3) is 6.68. The largest absolute Gasteiger partial charge is 0.360 e. The van der Waals surface area contributed by atoms with Gasteiger partial charge in [-0.1, -0.05) is 44.2 Å². The molecule has 2 heterocycles. The maximum Gasteiger partial charge on any atom is 0.242 e. The summed E-state index contributed by atoms with van der Waals surface area (Å²) in [6.45, 7) is 4.70. The molecular formula is C24H33N5O3. The van der Waals surface area contributed by atoms with Crippen molar-refractivity contribution in [2.75, 3.05) is 13.6 Å². The van der Waals surface area contributed by atoms with E-state index >= 15 is 0 Å². The second-order valence-corrected chi connectivity index (χ2v) is 8.79. The van der Waals surface area contributed by atoms with Gasteiger partial charge in [0.15, 0.2) is 0 Å². The smallest absolute Gasteiger partial charge is 0.242 e. The van der Waals surface area contributed by atoms with E-state index in [2.05, 4.69) is 20.9 Å². The van der Waals surface area contributed by atoms with Crippen molar-refractivity contribution in [3.8, 4) is 0 Å². The lowest BCUT2D eigenvalue weighted by Crippen LogP contribution is -2.52. The molecule has 0 spiro atoms. The van der Waals surface area contributed by atoms with Crippen molar-refractivity contribution in [2.45, 2.75) is 51.9 Å². The van der Waals surface area contributed by atoms with Crippen molar-refractivity contribution in [1.82, 2.24) is 25.8 Å². The van der Waals surface area contributed by atoms with Crippen molar-refractivity contribution in [2.24, 2.45) is 5.92 Å². The van der Waals surface area contributed by atoms with Crippen LogP contribution in [0, 0.1) is 5.92 Å². The molecule has 3 rings (SSSR count). The van der Waals surface area contributed by atoms with Gasteiger partial charge in [0.2, 0.25) is 17.7 Å². The highest BCUT2D eigenvalue weighted by molar-refractivity contribution is 5.91. The number of carbonyl (C=O) groups is 3. The van der Waals surface area contributed by atoms with Gasteiger partial charge in [0.25, 0.3) is 0 Å². The first-order valence-corrected chi connectivity index (χ1v) is 11.1. The number of hydrogen-bond donors (Lipinski definition) is 4. The van der Waals surface area contributed by atoms with E-state index in [4.69, 9.17) is 0 Å². The molecule has 0 fully saturated rings. The Morgan fingerprint density at radius 3 is 2.34 bits per heavy atom. The van der Waals surface area contributed by atoms with Gasteiger partial charge in [-0.3, -0.25) is 19.7 Å². The Labute approximate surface area is 189 Å². The zero-order chi connectivity index (χ0) is 23.1. The number of fused-ring (bicyclic) bond motifs is 2. The van der Waals surface area contributed by atoms with Crippen molar-refractivity contribution in [3.63, 3.8) is 0 Å². The average molecular weight is 440 g/mol. The molecule has 4 N–H and O–H groups in total. The summed E-state index contributed by atoms with van der Waals surface area (Å²) in [7, 11) is 1.62. The first-order valence-electron chi connectivity index (χ1n) is 11.1. The number of H-pyrrole nitrogens is 1. The number of amides is 3. The fourth-order valence-electron chi connectivity index (χ4n) is 3.83. The highest BCUT2D eigenvalue weighted by Gasteiger charge is 2.27. The molecule has 1 aliphatic rings. The van der Waals surface area contributed by atoms with Gasteiger partial charge in [-0.05, 0) is 36.5 Å². The van der Waals surface area contributed by atoms with Gasteiger partial charge >= 0.3 is 0 Å². The van der Waals surface area contributed by atoms with E-state index < -0.39 is 12.1 Å². The Kier molecular flexibility index (Phi) is 8.05. The van der Waals surface area contributed by atoms with Crippen LogP contribution in [0.25, 0.3) is 0 Å². The molecule has 0 saturated heterocycles. The molecule has 0 radical (unpaired) electrons. The van der Waals surface area contributed by atoms with Crippen molar-refractivity contribution >= 4 is 17.7 Å². The lowest BCUT2D eigenvalue weighted by atomic mass is 10.0. The maximum atomic E-state index is 13.2. The summed E-state index contributed by atoms with van der Waals surface area (Å²) in [5, 5.41) is 9.04.